The Morgan fingerprint density at radius 3 is 2.62 bits per heavy atom. The summed E-state index contributed by atoms with van der Waals surface area (Å²) < 4.78 is 5.61. The molecular weight excluding hydrogens is 200 g/mol. The molecule has 1 aromatic rings. The van der Waals surface area contributed by atoms with Gasteiger partial charge in [0.15, 0.2) is 0 Å². The Morgan fingerprint density at radius 2 is 2.06 bits per heavy atom. The molecule has 0 radical (unpaired) electrons. The predicted octanol–water partition coefficient (Wildman–Crippen LogP) is 3.04. The minimum absolute atomic E-state index is 0.120. The maximum Gasteiger partial charge on any atom is 0.144 e. The zero-order chi connectivity index (χ0) is 12.1. The average molecular weight is 220 g/mol. The lowest BCUT2D eigenvalue weighted by Gasteiger charge is -2.15. The molecule has 0 fully saturated rings. The predicted molar refractivity (Wildman–Crippen MR) is 69.9 cm³/mol. The molecule has 0 saturated heterocycles. The summed E-state index contributed by atoms with van der Waals surface area (Å²) in [7, 11) is 0. The number of hydrogen-bond acceptors (Lipinski definition) is 3. The molecule has 0 aliphatic rings. The summed E-state index contributed by atoms with van der Waals surface area (Å²) in [5, 5.41) is 3.28. The van der Waals surface area contributed by atoms with E-state index in [1.54, 1.807) is 0 Å². The minimum atomic E-state index is 0.120. The van der Waals surface area contributed by atoms with Crippen LogP contribution >= 0.6 is 0 Å². The summed E-state index contributed by atoms with van der Waals surface area (Å²) in [6.45, 7) is 9.72. The molecule has 0 bridgehead atoms. The minimum Gasteiger partial charge on any atom is -0.489 e. The fourth-order valence-electron chi connectivity index (χ4n) is 1.30. The van der Waals surface area contributed by atoms with Crippen molar-refractivity contribution in [3.05, 3.63) is 30.9 Å². The molecule has 0 aliphatic carbocycles. The van der Waals surface area contributed by atoms with E-state index >= 15 is 0 Å². The number of anilines is 2. The zero-order valence-corrected chi connectivity index (χ0v) is 10.2. The van der Waals surface area contributed by atoms with Crippen molar-refractivity contribution >= 4 is 11.4 Å². The lowest BCUT2D eigenvalue weighted by atomic mass is 10.2. The maximum atomic E-state index is 5.83. The van der Waals surface area contributed by atoms with E-state index in [0.717, 1.165) is 11.4 Å². The summed E-state index contributed by atoms with van der Waals surface area (Å²) in [4.78, 5) is 0. The monoisotopic (exact) mass is 220 g/mol. The van der Waals surface area contributed by atoms with Crippen LogP contribution < -0.4 is 15.8 Å². The first kappa shape index (κ1) is 12.4. The van der Waals surface area contributed by atoms with Crippen molar-refractivity contribution in [2.24, 2.45) is 0 Å². The second-order valence-electron chi connectivity index (χ2n) is 4.09. The first-order valence-corrected chi connectivity index (χ1v) is 5.48. The van der Waals surface area contributed by atoms with Crippen molar-refractivity contribution in [3.8, 4) is 5.75 Å². The van der Waals surface area contributed by atoms with Gasteiger partial charge in [-0.3, -0.25) is 0 Å². The third-order valence-corrected chi connectivity index (χ3v) is 2.12. The topological polar surface area (TPSA) is 47.3 Å². The summed E-state index contributed by atoms with van der Waals surface area (Å²) >= 11 is 0. The van der Waals surface area contributed by atoms with Gasteiger partial charge in [0.05, 0.1) is 11.8 Å². The normalized spacial score (nSPS) is 12.2. The highest BCUT2D eigenvalue weighted by Gasteiger charge is 2.05. The molecule has 3 N–H and O–H groups in total. The summed E-state index contributed by atoms with van der Waals surface area (Å²) in [5.41, 5.74) is 7.47. The van der Waals surface area contributed by atoms with Crippen molar-refractivity contribution in [2.45, 2.75) is 32.9 Å². The van der Waals surface area contributed by atoms with Crippen LogP contribution in [0, 0.1) is 0 Å². The van der Waals surface area contributed by atoms with Crippen LogP contribution in [0.4, 0.5) is 11.4 Å². The Kier molecular flexibility index (Phi) is 4.23. The van der Waals surface area contributed by atoms with E-state index in [1.165, 1.54) is 0 Å². The van der Waals surface area contributed by atoms with Crippen LogP contribution in [0.3, 0.4) is 0 Å². The van der Waals surface area contributed by atoms with Gasteiger partial charge in [0, 0.05) is 17.8 Å². The van der Waals surface area contributed by atoms with Gasteiger partial charge in [-0.2, -0.15) is 0 Å². The molecule has 16 heavy (non-hydrogen) atoms. The second kappa shape index (κ2) is 5.45. The van der Waals surface area contributed by atoms with Crippen LogP contribution in [0.5, 0.6) is 5.75 Å². The van der Waals surface area contributed by atoms with Crippen LogP contribution in [-0.4, -0.2) is 12.1 Å². The van der Waals surface area contributed by atoms with E-state index in [0.29, 0.717) is 5.69 Å². The van der Waals surface area contributed by atoms with Crippen LogP contribution in [0.1, 0.15) is 20.8 Å². The van der Waals surface area contributed by atoms with Crippen LogP contribution in [0.15, 0.2) is 30.9 Å². The van der Waals surface area contributed by atoms with E-state index in [2.05, 4.69) is 11.9 Å². The van der Waals surface area contributed by atoms with Crippen LogP contribution in [0.2, 0.25) is 0 Å². The van der Waals surface area contributed by atoms with E-state index < -0.39 is 0 Å². The molecular formula is C13H20N2O. The lowest BCUT2D eigenvalue weighted by molar-refractivity contribution is 0.244. The van der Waals surface area contributed by atoms with Gasteiger partial charge in [0.25, 0.3) is 0 Å². The standard InChI is InChI=1S/C13H20N2O/c1-5-10(4)15-11-6-7-12(14)13(8-11)16-9(2)3/h5-10,15H,1,14H2,2-4H3. The highest BCUT2D eigenvalue weighted by molar-refractivity contribution is 5.61. The summed E-state index contributed by atoms with van der Waals surface area (Å²) in [6.07, 6.45) is 1.97. The number of ether oxygens (including phenoxy) is 1. The van der Waals surface area contributed by atoms with Gasteiger partial charge in [-0.15, -0.1) is 6.58 Å². The van der Waals surface area contributed by atoms with E-state index in [1.807, 2.05) is 45.0 Å². The fourth-order valence-corrected chi connectivity index (χ4v) is 1.30. The summed E-state index contributed by atoms with van der Waals surface area (Å²) in [5.74, 6) is 0.719. The highest BCUT2D eigenvalue weighted by Crippen LogP contribution is 2.26. The number of nitrogens with one attached hydrogen (secondary N) is 1. The number of hydrogen-bond donors (Lipinski definition) is 2. The molecule has 0 spiro atoms. The Labute approximate surface area is 97.3 Å². The van der Waals surface area contributed by atoms with Gasteiger partial charge in [-0.25, -0.2) is 0 Å². The Balaban J connectivity index is 2.84. The number of nitrogen functional groups attached to an aromatic ring is 1. The van der Waals surface area contributed by atoms with Crippen molar-refractivity contribution in [1.82, 2.24) is 0 Å². The Morgan fingerprint density at radius 1 is 1.38 bits per heavy atom. The first-order chi connectivity index (χ1) is 7.52. The molecule has 1 atom stereocenters. The van der Waals surface area contributed by atoms with Crippen LogP contribution in [0.25, 0.3) is 0 Å². The molecule has 0 aromatic heterocycles. The first-order valence-electron chi connectivity index (χ1n) is 5.48. The van der Waals surface area contributed by atoms with Crippen molar-refractivity contribution in [2.75, 3.05) is 11.1 Å². The lowest BCUT2D eigenvalue weighted by Crippen LogP contribution is -2.12. The molecule has 1 unspecified atom stereocenters. The summed E-state index contributed by atoms with van der Waals surface area (Å²) in [6, 6.07) is 5.91. The smallest absolute Gasteiger partial charge is 0.144 e. The zero-order valence-electron chi connectivity index (χ0n) is 10.2. The molecule has 0 amide bonds. The van der Waals surface area contributed by atoms with Gasteiger partial charge in [-0.1, -0.05) is 6.08 Å². The highest BCUT2D eigenvalue weighted by atomic mass is 16.5. The molecule has 0 saturated carbocycles. The van der Waals surface area contributed by atoms with Gasteiger partial charge < -0.3 is 15.8 Å². The van der Waals surface area contributed by atoms with Crippen LogP contribution in [-0.2, 0) is 0 Å². The molecule has 0 aliphatic heterocycles. The number of rotatable bonds is 5. The Hall–Kier alpha value is -1.64. The average Bonchev–Trinajstić information content (AvgIpc) is 2.22. The van der Waals surface area contributed by atoms with Crippen molar-refractivity contribution < 1.29 is 4.74 Å². The molecule has 88 valence electrons. The Bertz CT molecular complexity index is 361. The molecule has 1 rings (SSSR count). The maximum absolute atomic E-state index is 5.83. The quantitative estimate of drug-likeness (QED) is 0.592. The molecule has 3 heteroatoms. The van der Waals surface area contributed by atoms with Crippen molar-refractivity contribution in [1.29, 1.82) is 0 Å². The third kappa shape index (κ3) is 3.50. The van der Waals surface area contributed by atoms with E-state index in [-0.39, 0.29) is 12.1 Å². The molecule has 1 aromatic carbocycles. The molecule has 3 nitrogen and oxygen atoms in total. The van der Waals surface area contributed by atoms with Gasteiger partial charge in [0.2, 0.25) is 0 Å². The van der Waals surface area contributed by atoms with Crippen molar-refractivity contribution in [3.63, 3.8) is 0 Å². The van der Waals surface area contributed by atoms with Gasteiger partial charge in [0.1, 0.15) is 5.75 Å². The third-order valence-electron chi connectivity index (χ3n) is 2.12. The van der Waals surface area contributed by atoms with E-state index in [9.17, 15) is 0 Å². The van der Waals surface area contributed by atoms with Gasteiger partial charge >= 0.3 is 0 Å². The number of nitrogens with two attached hydrogens (primary N) is 1. The molecule has 0 heterocycles. The van der Waals surface area contributed by atoms with E-state index in [4.69, 9.17) is 10.5 Å². The largest absolute Gasteiger partial charge is 0.489 e. The second-order valence-corrected chi connectivity index (χ2v) is 4.09. The SMILES string of the molecule is C=CC(C)Nc1ccc(N)c(OC(C)C)c1. The van der Waals surface area contributed by atoms with Gasteiger partial charge in [-0.05, 0) is 32.9 Å². The fraction of sp³-hybridized carbons (Fsp3) is 0.385. The number of benzene rings is 1.